The zero-order chi connectivity index (χ0) is 19.2. The van der Waals surface area contributed by atoms with Crippen LogP contribution in [0.3, 0.4) is 0 Å². The summed E-state index contributed by atoms with van der Waals surface area (Å²) < 4.78 is 2.07. The number of aromatic nitrogens is 5. The highest BCUT2D eigenvalue weighted by molar-refractivity contribution is 6.32. The van der Waals surface area contributed by atoms with Crippen molar-refractivity contribution in [3.05, 3.63) is 73.6 Å². The number of aryl methyl sites for hydroxylation is 1. The van der Waals surface area contributed by atoms with E-state index >= 15 is 0 Å². The SMILES string of the molecule is Bc1cccc(-c2cc(NCCCn3ccnc3)nc(-c3ccncc3)n2)c1. The van der Waals surface area contributed by atoms with Crippen LogP contribution in [0.5, 0.6) is 0 Å². The zero-order valence-corrected chi connectivity index (χ0v) is 15.8. The summed E-state index contributed by atoms with van der Waals surface area (Å²) in [5, 5.41) is 3.44. The van der Waals surface area contributed by atoms with Gasteiger partial charge in [-0.1, -0.05) is 29.7 Å². The number of nitrogens with one attached hydrogen (secondary N) is 1. The van der Waals surface area contributed by atoms with Crippen molar-refractivity contribution in [2.24, 2.45) is 0 Å². The van der Waals surface area contributed by atoms with Crippen LogP contribution in [0.4, 0.5) is 5.82 Å². The number of anilines is 1. The molecule has 0 bridgehead atoms. The monoisotopic (exact) mass is 368 g/mol. The molecule has 0 saturated carbocycles. The smallest absolute Gasteiger partial charge is 0.162 e. The first-order chi connectivity index (χ1) is 13.8. The topological polar surface area (TPSA) is 68.5 Å². The predicted molar refractivity (Wildman–Crippen MR) is 114 cm³/mol. The molecule has 0 aliphatic carbocycles. The maximum absolute atomic E-state index is 4.79. The minimum absolute atomic E-state index is 0.693. The summed E-state index contributed by atoms with van der Waals surface area (Å²) >= 11 is 0. The molecular formula is C21H21BN6. The first-order valence-corrected chi connectivity index (χ1v) is 9.34. The summed E-state index contributed by atoms with van der Waals surface area (Å²) in [6.45, 7) is 1.73. The fourth-order valence-corrected chi connectivity index (χ4v) is 3.02. The molecule has 0 atom stereocenters. The molecule has 4 aromatic rings. The van der Waals surface area contributed by atoms with Crippen molar-refractivity contribution >= 4 is 19.1 Å². The van der Waals surface area contributed by atoms with Gasteiger partial charge in [0.25, 0.3) is 0 Å². The molecule has 138 valence electrons. The van der Waals surface area contributed by atoms with E-state index in [0.717, 1.165) is 42.1 Å². The van der Waals surface area contributed by atoms with Gasteiger partial charge >= 0.3 is 0 Å². The average Bonchev–Trinajstić information content (AvgIpc) is 3.25. The first kappa shape index (κ1) is 17.9. The van der Waals surface area contributed by atoms with E-state index in [9.17, 15) is 0 Å². The average molecular weight is 368 g/mol. The highest BCUT2D eigenvalue weighted by atomic mass is 15.0. The summed E-state index contributed by atoms with van der Waals surface area (Å²) in [6, 6.07) is 14.2. The van der Waals surface area contributed by atoms with Crippen LogP contribution in [0.15, 0.2) is 73.6 Å². The zero-order valence-electron chi connectivity index (χ0n) is 15.8. The lowest BCUT2D eigenvalue weighted by Crippen LogP contribution is -2.08. The second kappa shape index (κ2) is 8.48. The van der Waals surface area contributed by atoms with E-state index in [-0.39, 0.29) is 0 Å². The van der Waals surface area contributed by atoms with Crippen LogP contribution in [0.1, 0.15) is 6.42 Å². The number of pyridine rings is 1. The van der Waals surface area contributed by atoms with Crippen LogP contribution in [0, 0.1) is 0 Å². The molecule has 0 fully saturated rings. The van der Waals surface area contributed by atoms with E-state index in [1.54, 1.807) is 18.6 Å². The maximum Gasteiger partial charge on any atom is 0.162 e. The normalized spacial score (nSPS) is 10.7. The molecule has 1 N–H and O–H groups in total. The Labute approximate surface area is 165 Å². The van der Waals surface area contributed by atoms with Gasteiger partial charge in [-0.15, -0.1) is 0 Å². The first-order valence-electron chi connectivity index (χ1n) is 9.34. The minimum Gasteiger partial charge on any atom is -0.370 e. The van der Waals surface area contributed by atoms with Gasteiger partial charge in [0.05, 0.1) is 12.0 Å². The highest BCUT2D eigenvalue weighted by Crippen LogP contribution is 2.23. The van der Waals surface area contributed by atoms with Gasteiger partial charge in [-0.05, 0) is 24.1 Å². The van der Waals surface area contributed by atoms with Crippen LogP contribution >= 0.6 is 0 Å². The summed E-state index contributed by atoms with van der Waals surface area (Å²) in [4.78, 5) is 17.7. The quantitative estimate of drug-likeness (QED) is 0.400. The highest BCUT2D eigenvalue weighted by Gasteiger charge is 2.09. The Kier molecular flexibility index (Phi) is 5.42. The molecule has 3 aromatic heterocycles. The molecule has 0 radical (unpaired) electrons. The molecule has 6 nitrogen and oxygen atoms in total. The molecule has 3 heterocycles. The van der Waals surface area contributed by atoms with Crippen LogP contribution in [0.2, 0.25) is 0 Å². The number of rotatable bonds is 7. The Bertz CT molecular complexity index is 1030. The molecule has 0 aliphatic heterocycles. The number of hydrogen-bond acceptors (Lipinski definition) is 5. The van der Waals surface area contributed by atoms with Crippen LogP contribution in [0.25, 0.3) is 22.6 Å². The van der Waals surface area contributed by atoms with Gasteiger partial charge in [-0.3, -0.25) is 4.98 Å². The lowest BCUT2D eigenvalue weighted by molar-refractivity contribution is 0.660. The second-order valence-electron chi connectivity index (χ2n) is 6.65. The summed E-state index contributed by atoms with van der Waals surface area (Å²) in [5.74, 6) is 1.52. The molecule has 1 aromatic carbocycles. The summed E-state index contributed by atoms with van der Waals surface area (Å²) in [5.41, 5.74) is 4.14. The third-order valence-electron chi connectivity index (χ3n) is 4.44. The van der Waals surface area contributed by atoms with Crippen molar-refractivity contribution in [2.45, 2.75) is 13.0 Å². The van der Waals surface area contributed by atoms with Crippen molar-refractivity contribution in [1.29, 1.82) is 0 Å². The fourth-order valence-electron chi connectivity index (χ4n) is 3.02. The van der Waals surface area contributed by atoms with E-state index in [1.165, 1.54) is 5.46 Å². The lowest BCUT2D eigenvalue weighted by Gasteiger charge is -2.11. The van der Waals surface area contributed by atoms with E-state index in [1.807, 2.05) is 30.7 Å². The Balaban J connectivity index is 1.58. The lowest BCUT2D eigenvalue weighted by atomic mass is 9.93. The van der Waals surface area contributed by atoms with Gasteiger partial charge in [0.2, 0.25) is 0 Å². The molecule has 0 unspecified atom stereocenters. The number of hydrogen-bond donors (Lipinski definition) is 1. The van der Waals surface area contributed by atoms with Crippen LogP contribution < -0.4 is 10.8 Å². The largest absolute Gasteiger partial charge is 0.370 e. The number of benzene rings is 1. The molecule has 0 saturated heterocycles. The van der Waals surface area contributed by atoms with Gasteiger partial charge in [0.1, 0.15) is 13.7 Å². The van der Waals surface area contributed by atoms with Crippen molar-refractivity contribution < 1.29 is 0 Å². The second-order valence-corrected chi connectivity index (χ2v) is 6.65. The number of imidazole rings is 1. The van der Waals surface area contributed by atoms with E-state index in [4.69, 9.17) is 9.97 Å². The predicted octanol–water partition coefficient (Wildman–Crippen LogP) is 2.16. The molecule has 28 heavy (non-hydrogen) atoms. The summed E-state index contributed by atoms with van der Waals surface area (Å²) in [7, 11) is 2.09. The van der Waals surface area contributed by atoms with Gasteiger partial charge in [0.15, 0.2) is 5.82 Å². The maximum atomic E-state index is 4.79. The van der Waals surface area contributed by atoms with Gasteiger partial charge in [-0.2, -0.15) is 0 Å². The van der Waals surface area contributed by atoms with Crippen molar-refractivity contribution in [2.75, 3.05) is 11.9 Å². The Morgan fingerprint density at radius 3 is 2.61 bits per heavy atom. The molecular weight excluding hydrogens is 347 g/mol. The van der Waals surface area contributed by atoms with E-state index in [0.29, 0.717) is 5.82 Å². The van der Waals surface area contributed by atoms with Crippen molar-refractivity contribution in [1.82, 2.24) is 24.5 Å². The van der Waals surface area contributed by atoms with Crippen molar-refractivity contribution in [3.8, 4) is 22.6 Å². The van der Waals surface area contributed by atoms with E-state index in [2.05, 4.69) is 52.0 Å². The fraction of sp³-hybridized carbons (Fsp3) is 0.143. The molecule has 4 rings (SSSR count). The van der Waals surface area contributed by atoms with Crippen LogP contribution in [-0.2, 0) is 6.54 Å². The van der Waals surface area contributed by atoms with Crippen LogP contribution in [-0.4, -0.2) is 38.9 Å². The molecule has 0 spiro atoms. The Morgan fingerprint density at radius 2 is 1.82 bits per heavy atom. The molecule has 0 amide bonds. The third-order valence-corrected chi connectivity index (χ3v) is 4.44. The minimum atomic E-state index is 0.693. The standard InChI is InChI=1S/C21H21BN6/c22-18-4-1-3-17(13-18)19-14-20(25-7-2-11-28-12-10-24-15-28)27-21(26-19)16-5-8-23-9-6-16/h1,3-6,8-10,12-15H,2,7,11,22H2,(H,25,26,27). The molecule has 7 heteroatoms. The Hall–Kier alpha value is -3.48. The van der Waals surface area contributed by atoms with Gasteiger partial charge in [0, 0.05) is 49.5 Å². The third kappa shape index (κ3) is 4.43. The molecule has 0 aliphatic rings. The van der Waals surface area contributed by atoms with Gasteiger partial charge in [-0.25, -0.2) is 15.0 Å². The van der Waals surface area contributed by atoms with E-state index < -0.39 is 0 Å². The Morgan fingerprint density at radius 1 is 0.929 bits per heavy atom. The van der Waals surface area contributed by atoms with Crippen molar-refractivity contribution in [3.63, 3.8) is 0 Å². The van der Waals surface area contributed by atoms with Gasteiger partial charge < -0.3 is 9.88 Å². The number of nitrogens with zero attached hydrogens (tertiary/aromatic N) is 5. The summed E-state index contributed by atoms with van der Waals surface area (Å²) in [6.07, 6.45) is 10.1.